The van der Waals surface area contributed by atoms with Crippen molar-refractivity contribution < 1.29 is 14.9 Å². The lowest BCUT2D eigenvalue weighted by Gasteiger charge is -2.24. The molecule has 1 aromatic rings. The van der Waals surface area contributed by atoms with Crippen LogP contribution in [0.5, 0.6) is 0 Å². The van der Waals surface area contributed by atoms with Crippen molar-refractivity contribution in [2.75, 3.05) is 31.2 Å². The monoisotopic (exact) mass is 280 g/mol. The molecule has 0 radical (unpaired) electrons. The maximum atomic E-state index is 10.8. The Bertz CT molecular complexity index is 524. The van der Waals surface area contributed by atoms with Gasteiger partial charge in [-0.1, -0.05) is 5.16 Å². The minimum atomic E-state index is -0.510. The summed E-state index contributed by atoms with van der Waals surface area (Å²) < 4.78 is 5.37. The van der Waals surface area contributed by atoms with Gasteiger partial charge in [-0.3, -0.25) is 10.1 Å². The highest BCUT2D eigenvalue weighted by Gasteiger charge is 2.19. The molecule has 0 saturated carbocycles. The minimum Gasteiger partial charge on any atom is -0.409 e. The summed E-state index contributed by atoms with van der Waals surface area (Å²) >= 11 is 0. The van der Waals surface area contributed by atoms with Gasteiger partial charge in [0, 0.05) is 37.5 Å². The zero-order valence-electron chi connectivity index (χ0n) is 10.9. The number of rotatable bonds is 3. The third-order valence-electron chi connectivity index (χ3n) is 3.14. The van der Waals surface area contributed by atoms with Gasteiger partial charge in [-0.15, -0.1) is 0 Å². The van der Waals surface area contributed by atoms with Crippen molar-refractivity contribution in [1.29, 1.82) is 0 Å². The molecule has 1 aromatic carbocycles. The topological polar surface area (TPSA) is 114 Å². The van der Waals surface area contributed by atoms with Gasteiger partial charge in [0.05, 0.1) is 17.1 Å². The normalized spacial score (nSPS) is 16.8. The summed E-state index contributed by atoms with van der Waals surface area (Å²) in [7, 11) is 0. The molecule has 20 heavy (non-hydrogen) atoms. The second kappa shape index (κ2) is 6.20. The fourth-order valence-corrected chi connectivity index (χ4v) is 2.16. The highest BCUT2D eigenvalue weighted by Crippen LogP contribution is 2.26. The Morgan fingerprint density at radius 1 is 1.45 bits per heavy atom. The molecule has 3 N–H and O–H groups in total. The zero-order chi connectivity index (χ0) is 14.5. The quantitative estimate of drug-likeness (QED) is 0.280. The molecular weight excluding hydrogens is 264 g/mol. The van der Waals surface area contributed by atoms with E-state index in [0.29, 0.717) is 31.0 Å². The van der Waals surface area contributed by atoms with Crippen LogP contribution in [0.2, 0.25) is 0 Å². The average molecular weight is 280 g/mol. The Morgan fingerprint density at radius 3 is 2.95 bits per heavy atom. The van der Waals surface area contributed by atoms with E-state index in [1.165, 1.54) is 12.1 Å². The molecule has 1 heterocycles. The lowest BCUT2D eigenvalue weighted by molar-refractivity contribution is -0.384. The summed E-state index contributed by atoms with van der Waals surface area (Å²) in [6, 6.07) is 4.35. The molecular formula is C12H16N4O4. The van der Waals surface area contributed by atoms with Crippen LogP contribution in [0.1, 0.15) is 12.0 Å². The largest absolute Gasteiger partial charge is 0.409 e. The van der Waals surface area contributed by atoms with Crippen LogP contribution < -0.4 is 10.6 Å². The van der Waals surface area contributed by atoms with Gasteiger partial charge < -0.3 is 20.6 Å². The second-order valence-corrected chi connectivity index (χ2v) is 4.40. The van der Waals surface area contributed by atoms with Crippen molar-refractivity contribution >= 4 is 17.2 Å². The third kappa shape index (κ3) is 2.97. The molecule has 1 saturated heterocycles. The average Bonchev–Trinajstić information content (AvgIpc) is 2.74. The fraction of sp³-hybridized carbons (Fsp3) is 0.417. The van der Waals surface area contributed by atoms with Crippen LogP contribution in [0.25, 0.3) is 0 Å². The number of nitro groups is 1. The van der Waals surface area contributed by atoms with Crippen LogP contribution in [-0.2, 0) is 4.74 Å². The third-order valence-corrected chi connectivity index (χ3v) is 3.14. The predicted molar refractivity (Wildman–Crippen MR) is 73.3 cm³/mol. The molecule has 0 unspecified atom stereocenters. The Hall–Kier alpha value is -2.35. The minimum absolute atomic E-state index is 0.0959. The molecule has 0 spiro atoms. The van der Waals surface area contributed by atoms with Crippen LogP contribution in [0, 0.1) is 10.1 Å². The van der Waals surface area contributed by atoms with Gasteiger partial charge in [0.15, 0.2) is 5.84 Å². The first-order valence-electron chi connectivity index (χ1n) is 6.22. The molecule has 0 amide bonds. The summed E-state index contributed by atoms with van der Waals surface area (Å²) in [6.07, 6.45) is 0.854. The van der Waals surface area contributed by atoms with Crippen LogP contribution >= 0.6 is 0 Å². The van der Waals surface area contributed by atoms with Gasteiger partial charge in [-0.2, -0.15) is 0 Å². The van der Waals surface area contributed by atoms with Crippen LogP contribution in [-0.4, -0.2) is 42.3 Å². The van der Waals surface area contributed by atoms with Crippen molar-refractivity contribution in [2.45, 2.75) is 6.42 Å². The van der Waals surface area contributed by atoms with Crippen LogP contribution in [0.4, 0.5) is 11.4 Å². The first kappa shape index (κ1) is 14.1. The number of hydrogen-bond acceptors (Lipinski definition) is 6. The van der Waals surface area contributed by atoms with Crippen molar-refractivity contribution in [3.63, 3.8) is 0 Å². The number of hydrogen-bond donors (Lipinski definition) is 2. The molecule has 1 aliphatic heterocycles. The van der Waals surface area contributed by atoms with Gasteiger partial charge in [-0.25, -0.2) is 0 Å². The van der Waals surface area contributed by atoms with Gasteiger partial charge in [0.25, 0.3) is 5.69 Å². The van der Waals surface area contributed by atoms with Gasteiger partial charge in [-0.05, 0) is 12.5 Å². The van der Waals surface area contributed by atoms with E-state index in [2.05, 4.69) is 5.16 Å². The second-order valence-electron chi connectivity index (χ2n) is 4.40. The zero-order valence-corrected chi connectivity index (χ0v) is 10.9. The Labute approximate surface area is 115 Å². The number of nitrogens with zero attached hydrogens (tertiary/aromatic N) is 3. The molecule has 108 valence electrons. The Kier molecular flexibility index (Phi) is 4.36. The molecule has 1 aliphatic rings. The molecule has 8 nitrogen and oxygen atoms in total. The summed E-state index contributed by atoms with van der Waals surface area (Å²) in [5, 5.41) is 22.6. The molecule has 0 bridgehead atoms. The van der Waals surface area contributed by atoms with E-state index >= 15 is 0 Å². The van der Waals surface area contributed by atoms with Gasteiger partial charge in [0.1, 0.15) is 0 Å². The predicted octanol–water partition coefficient (Wildman–Crippen LogP) is 0.916. The first-order valence-corrected chi connectivity index (χ1v) is 6.22. The maximum Gasteiger partial charge on any atom is 0.270 e. The van der Waals surface area contributed by atoms with Gasteiger partial charge in [0.2, 0.25) is 0 Å². The Balaban J connectivity index is 2.42. The van der Waals surface area contributed by atoms with E-state index in [-0.39, 0.29) is 11.5 Å². The maximum absolute atomic E-state index is 10.8. The summed E-state index contributed by atoms with van der Waals surface area (Å²) in [5.41, 5.74) is 6.59. The number of nitrogens with two attached hydrogens (primary N) is 1. The van der Waals surface area contributed by atoms with Crippen molar-refractivity contribution in [2.24, 2.45) is 10.9 Å². The highest BCUT2D eigenvalue weighted by atomic mass is 16.6. The molecule has 8 heteroatoms. The van der Waals surface area contributed by atoms with E-state index in [0.717, 1.165) is 13.0 Å². The van der Waals surface area contributed by atoms with Crippen LogP contribution in [0.3, 0.4) is 0 Å². The first-order chi connectivity index (χ1) is 9.63. The lowest BCUT2D eigenvalue weighted by Crippen LogP contribution is -2.29. The summed E-state index contributed by atoms with van der Waals surface area (Å²) in [4.78, 5) is 12.3. The van der Waals surface area contributed by atoms with Crippen molar-refractivity contribution in [3.05, 3.63) is 33.9 Å². The molecule has 1 fully saturated rings. The standard InChI is InChI=1S/C12H16N4O4/c13-12(14-17)10-8-9(16(18)19)2-3-11(10)15-4-1-6-20-7-5-15/h2-3,8,17H,1,4-7H2,(H2,13,14). The molecule has 0 atom stereocenters. The van der Waals surface area contributed by atoms with Crippen LogP contribution in [0.15, 0.2) is 23.4 Å². The van der Waals surface area contributed by atoms with Crippen molar-refractivity contribution in [3.8, 4) is 0 Å². The summed E-state index contributed by atoms with van der Waals surface area (Å²) in [6.45, 7) is 2.67. The Morgan fingerprint density at radius 2 is 2.25 bits per heavy atom. The molecule has 0 aliphatic carbocycles. The number of ether oxygens (including phenoxy) is 1. The number of oxime groups is 1. The molecule has 0 aromatic heterocycles. The van der Waals surface area contributed by atoms with Crippen molar-refractivity contribution in [1.82, 2.24) is 0 Å². The number of amidine groups is 1. The van der Waals surface area contributed by atoms with Gasteiger partial charge >= 0.3 is 0 Å². The van der Waals surface area contributed by atoms with E-state index in [9.17, 15) is 10.1 Å². The number of nitro benzene ring substituents is 1. The highest BCUT2D eigenvalue weighted by molar-refractivity contribution is 6.02. The SMILES string of the molecule is NC(=NO)c1cc([N+](=O)[O-])ccc1N1CCCOCC1. The fourth-order valence-electron chi connectivity index (χ4n) is 2.16. The van der Waals surface area contributed by atoms with E-state index in [1.54, 1.807) is 6.07 Å². The lowest BCUT2D eigenvalue weighted by atomic mass is 10.1. The van der Waals surface area contributed by atoms with E-state index in [1.807, 2.05) is 4.90 Å². The van der Waals surface area contributed by atoms with E-state index < -0.39 is 4.92 Å². The number of non-ortho nitro benzene ring substituents is 1. The smallest absolute Gasteiger partial charge is 0.270 e. The summed E-state index contributed by atoms with van der Waals surface area (Å²) in [5.74, 6) is -0.145. The number of benzene rings is 1. The van der Waals surface area contributed by atoms with E-state index in [4.69, 9.17) is 15.7 Å². The molecule has 2 rings (SSSR count). The number of anilines is 1.